The van der Waals surface area contributed by atoms with Crippen molar-refractivity contribution >= 4 is 5.91 Å². The summed E-state index contributed by atoms with van der Waals surface area (Å²) in [6.45, 7) is 2.73. The topological polar surface area (TPSA) is 47.6 Å². The van der Waals surface area contributed by atoms with Crippen LogP contribution in [0.15, 0.2) is 12.2 Å². The minimum absolute atomic E-state index is 0.0559. The molecule has 17 heavy (non-hydrogen) atoms. The van der Waals surface area contributed by atoms with E-state index in [-0.39, 0.29) is 12.2 Å². The molecule has 0 aliphatic carbocycles. The maximum absolute atomic E-state index is 11.4. The van der Waals surface area contributed by atoms with Gasteiger partial charge in [0.1, 0.15) is 0 Å². The minimum Gasteiger partial charge on any atom is -0.350 e. The van der Waals surface area contributed by atoms with E-state index in [1.54, 1.807) is 0 Å². The minimum atomic E-state index is -0.254. The molecular formula is C13H23NO3. The molecule has 0 aromatic carbocycles. The molecule has 0 bridgehead atoms. The third-order valence-corrected chi connectivity index (χ3v) is 2.70. The van der Waals surface area contributed by atoms with Crippen LogP contribution in [-0.2, 0) is 14.4 Å². The Bertz CT molecular complexity index is 235. The first-order valence-corrected chi connectivity index (χ1v) is 6.50. The van der Waals surface area contributed by atoms with Gasteiger partial charge in [-0.3, -0.25) is 4.79 Å². The van der Waals surface area contributed by atoms with Crippen LogP contribution in [0.5, 0.6) is 0 Å². The van der Waals surface area contributed by atoms with Crippen LogP contribution in [0.1, 0.15) is 51.9 Å². The molecule has 1 fully saturated rings. The fraction of sp³-hybridized carbons (Fsp3) is 0.769. The van der Waals surface area contributed by atoms with Crippen molar-refractivity contribution in [1.82, 2.24) is 5.48 Å². The van der Waals surface area contributed by atoms with Crippen LogP contribution >= 0.6 is 0 Å². The normalized spacial score (nSPS) is 20.6. The van der Waals surface area contributed by atoms with E-state index in [0.717, 1.165) is 45.1 Å². The number of hydroxylamine groups is 1. The molecule has 0 spiro atoms. The molecule has 1 amide bonds. The van der Waals surface area contributed by atoms with Gasteiger partial charge in [0, 0.05) is 19.4 Å². The van der Waals surface area contributed by atoms with Gasteiger partial charge in [-0.1, -0.05) is 12.2 Å². The monoisotopic (exact) mass is 241 g/mol. The van der Waals surface area contributed by atoms with E-state index >= 15 is 0 Å². The molecule has 1 N–H and O–H groups in total. The van der Waals surface area contributed by atoms with E-state index in [1.165, 1.54) is 0 Å². The van der Waals surface area contributed by atoms with Gasteiger partial charge in [0.15, 0.2) is 6.29 Å². The highest BCUT2D eigenvalue weighted by Crippen LogP contribution is 2.12. The Kier molecular flexibility index (Phi) is 7.67. The zero-order valence-electron chi connectivity index (χ0n) is 10.6. The highest BCUT2D eigenvalue weighted by Gasteiger charge is 2.15. The van der Waals surface area contributed by atoms with Gasteiger partial charge in [0.25, 0.3) is 0 Å². The number of unbranched alkanes of at least 4 members (excludes halogenated alkanes) is 2. The van der Waals surface area contributed by atoms with Crippen molar-refractivity contribution in [2.45, 2.75) is 58.2 Å². The summed E-state index contributed by atoms with van der Waals surface area (Å²) in [7, 11) is 0. The number of hydrogen-bond donors (Lipinski definition) is 1. The third kappa shape index (κ3) is 7.13. The molecular weight excluding hydrogens is 218 g/mol. The lowest BCUT2D eigenvalue weighted by Crippen LogP contribution is -2.32. The second-order valence-electron chi connectivity index (χ2n) is 4.25. The summed E-state index contributed by atoms with van der Waals surface area (Å²) in [5.41, 5.74) is 2.46. The molecule has 1 heterocycles. The van der Waals surface area contributed by atoms with Crippen LogP contribution in [0, 0.1) is 0 Å². The van der Waals surface area contributed by atoms with Gasteiger partial charge in [0.05, 0.1) is 0 Å². The molecule has 4 nitrogen and oxygen atoms in total. The Labute approximate surface area is 103 Å². The van der Waals surface area contributed by atoms with Gasteiger partial charge in [-0.15, -0.1) is 0 Å². The van der Waals surface area contributed by atoms with Crippen LogP contribution in [0.3, 0.4) is 0 Å². The number of nitrogens with one attached hydrogen (secondary N) is 1. The van der Waals surface area contributed by atoms with E-state index in [9.17, 15) is 4.79 Å². The molecule has 1 atom stereocenters. The second kappa shape index (κ2) is 9.19. The van der Waals surface area contributed by atoms with Crippen LogP contribution in [0.4, 0.5) is 0 Å². The first-order valence-electron chi connectivity index (χ1n) is 6.50. The van der Waals surface area contributed by atoms with Gasteiger partial charge >= 0.3 is 0 Å². The molecule has 1 aliphatic rings. The lowest BCUT2D eigenvalue weighted by Gasteiger charge is -2.22. The zero-order chi connectivity index (χ0) is 12.3. The van der Waals surface area contributed by atoms with Gasteiger partial charge in [-0.2, -0.15) is 0 Å². The summed E-state index contributed by atoms with van der Waals surface area (Å²) < 4.78 is 5.34. The van der Waals surface area contributed by atoms with Gasteiger partial charge in [-0.05, 0) is 39.0 Å². The van der Waals surface area contributed by atoms with Gasteiger partial charge < -0.3 is 4.74 Å². The first-order chi connectivity index (χ1) is 8.33. The molecule has 98 valence electrons. The van der Waals surface area contributed by atoms with Crippen LogP contribution in [0.25, 0.3) is 0 Å². The summed E-state index contributed by atoms with van der Waals surface area (Å²) in [6, 6.07) is 0. The molecule has 0 saturated carbocycles. The number of hydrogen-bond acceptors (Lipinski definition) is 3. The largest absolute Gasteiger partial charge is 0.350 e. The Morgan fingerprint density at radius 3 is 3.06 bits per heavy atom. The molecule has 1 saturated heterocycles. The highest BCUT2D eigenvalue weighted by atomic mass is 16.8. The summed E-state index contributed by atoms with van der Waals surface area (Å²) >= 11 is 0. The highest BCUT2D eigenvalue weighted by molar-refractivity contribution is 5.74. The fourth-order valence-corrected chi connectivity index (χ4v) is 1.70. The summed E-state index contributed by atoms with van der Waals surface area (Å²) in [4.78, 5) is 16.6. The predicted molar refractivity (Wildman–Crippen MR) is 66.1 cm³/mol. The van der Waals surface area contributed by atoms with Crippen molar-refractivity contribution in [3.8, 4) is 0 Å². The van der Waals surface area contributed by atoms with Crippen molar-refractivity contribution in [3.63, 3.8) is 0 Å². The van der Waals surface area contributed by atoms with Crippen LogP contribution in [0.2, 0.25) is 0 Å². The number of amides is 1. The Morgan fingerprint density at radius 1 is 1.47 bits per heavy atom. The zero-order valence-corrected chi connectivity index (χ0v) is 10.6. The number of allylic oxidation sites excluding steroid dienone is 2. The van der Waals surface area contributed by atoms with E-state index in [1.807, 2.05) is 13.0 Å². The van der Waals surface area contributed by atoms with Crippen molar-refractivity contribution in [2.24, 2.45) is 0 Å². The van der Waals surface area contributed by atoms with E-state index in [0.29, 0.717) is 6.42 Å². The van der Waals surface area contributed by atoms with Crippen molar-refractivity contribution in [2.75, 3.05) is 6.61 Å². The summed E-state index contributed by atoms with van der Waals surface area (Å²) in [6.07, 6.45) is 10.4. The lowest BCUT2D eigenvalue weighted by atomic mass is 10.2. The predicted octanol–water partition coefficient (Wildman–Crippen LogP) is 2.70. The quantitative estimate of drug-likeness (QED) is 0.423. The SMILES string of the molecule is CC=CCCCCC(=O)NOC1CCCCO1. The Morgan fingerprint density at radius 2 is 2.35 bits per heavy atom. The molecule has 1 aliphatic heterocycles. The smallest absolute Gasteiger partial charge is 0.243 e. The standard InChI is InChI=1S/C13H23NO3/c1-2-3-4-5-6-9-12(15)14-17-13-10-7-8-11-16-13/h2-3,13H,4-11H2,1H3,(H,14,15). The molecule has 1 rings (SSSR count). The molecule has 4 heteroatoms. The Balaban J connectivity index is 1.96. The van der Waals surface area contributed by atoms with Crippen LogP contribution < -0.4 is 5.48 Å². The Hall–Kier alpha value is -0.870. The maximum atomic E-state index is 11.4. The summed E-state index contributed by atoms with van der Waals surface area (Å²) in [5, 5.41) is 0. The van der Waals surface area contributed by atoms with Crippen molar-refractivity contribution < 1.29 is 14.4 Å². The number of ether oxygens (including phenoxy) is 1. The van der Waals surface area contributed by atoms with E-state index < -0.39 is 0 Å². The number of carbonyl (C=O) groups is 1. The van der Waals surface area contributed by atoms with Gasteiger partial charge in [0.2, 0.25) is 5.91 Å². The number of carbonyl (C=O) groups excluding carboxylic acids is 1. The molecule has 0 aromatic heterocycles. The number of rotatable bonds is 7. The molecule has 0 radical (unpaired) electrons. The maximum Gasteiger partial charge on any atom is 0.243 e. The lowest BCUT2D eigenvalue weighted by molar-refractivity contribution is -0.200. The molecule has 0 aromatic rings. The fourth-order valence-electron chi connectivity index (χ4n) is 1.70. The summed E-state index contributed by atoms with van der Waals surface area (Å²) in [5.74, 6) is -0.0559. The van der Waals surface area contributed by atoms with Crippen LogP contribution in [-0.4, -0.2) is 18.8 Å². The van der Waals surface area contributed by atoms with E-state index in [2.05, 4.69) is 11.6 Å². The first kappa shape index (κ1) is 14.2. The van der Waals surface area contributed by atoms with Gasteiger partial charge in [-0.25, -0.2) is 10.3 Å². The average molecular weight is 241 g/mol. The van der Waals surface area contributed by atoms with Crippen molar-refractivity contribution in [3.05, 3.63) is 12.2 Å². The average Bonchev–Trinajstić information content (AvgIpc) is 2.37. The second-order valence-corrected chi connectivity index (χ2v) is 4.25. The third-order valence-electron chi connectivity index (χ3n) is 2.70. The van der Waals surface area contributed by atoms with Crippen molar-refractivity contribution in [1.29, 1.82) is 0 Å². The molecule has 1 unspecified atom stereocenters. The van der Waals surface area contributed by atoms with E-state index in [4.69, 9.17) is 9.57 Å².